The molecule has 1 N–H and O–H groups in total. The molecule has 2 rings (SSSR count). The van der Waals surface area contributed by atoms with Gasteiger partial charge in [0.1, 0.15) is 11.1 Å². The molecule has 0 aliphatic carbocycles. The van der Waals surface area contributed by atoms with Crippen LogP contribution in [0.15, 0.2) is 30.3 Å². The third-order valence-corrected chi connectivity index (χ3v) is 4.08. The summed E-state index contributed by atoms with van der Waals surface area (Å²) < 4.78 is 5.55. The minimum atomic E-state index is -0.523. The molecule has 1 aliphatic rings. The number of likely N-dealkylation sites (tertiary alicyclic amines) is 1. The van der Waals surface area contributed by atoms with Crippen LogP contribution in [0.2, 0.25) is 0 Å². The quantitative estimate of drug-likeness (QED) is 0.809. The van der Waals surface area contributed by atoms with E-state index in [4.69, 9.17) is 16.3 Å². The summed E-state index contributed by atoms with van der Waals surface area (Å²) in [4.78, 5) is 25.6. The van der Waals surface area contributed by atoms with Gasteiger partial charge in [0.05, 0.1) is 13.0 Å². The summed E-state index contributed by atoms with van der Waals surface area (Å²) in [5.41, 5.74) is 0. The van der Waals surface area contributed by atoms with Gasteiger partial charge >= 0.3 is 0 Å². The number of hydrogen-bond acceptors (Lipinski definition) is 3. The van der Waals surface area contributed by atoms with Crippen molar-refractivity contribution in [2.45, 2.75) is 37.6 Å². The fourth-order valence-electron chi connectivity index (χ4n) is 2.52. The van der Waals surface area contributed by atoms with Crippen LogP contribution in [0.5, 0.6) is 5.75 Å². The normalized spacial score (nSPS) is 16.7. The molecule has 5 nitrogen and oxygen atoms in total. The molecule has 1 atom stereocenters. The van der Waals surface area contributed by atoms with E-state index < -0.39 is 5.38 Å². The van der Waals surface area contributed by atoms with Crippen molar-refractivity contribution in [3.8, 4) is 5.75 Å². The third kappa shape index (κ3) is 5.75. The van der Waals surface area contributed by atoms with Gasteiger partial charge < -0.3 is 15.0 Å². The molecular formula is C17H23ClN2O3. The highest BCUT2D eigenvalue weighted by Gasteiger charge is 2.24. The Hall–Kier alpha value is -1.75. The van der Waals surface area contributed by atoms with Crippen molar-refractivity contribution in [2.75, 3.05) is 19.7 Å². The first kappa shape index (κ1) is 17.6. The van der Waals surface area contributed by atoms with Crippen LogP contribution in [0.4, 0.5) is 0 Å². The van der Waals surface area contributed by atoms with Crippen molar-refractivity contribution in [3.05, 3.63) is 30.3 Å². The van der Waals surface area contributed by atoms with Crippen LogP contribution in [0.3, 0.4) is 0 Å². The molecule has 1 aromatic rings. The number of nitrogens with one attached hydrogen (secondary N) is 1. The standard InChI is InChI=1S/C17H23ClN2O3/c1-13(18)17(22)19-14-7-10-20(11-8-14)16(21)9-12-23-15-5-3-2-4-6-15/h2-6,13-14H,7-12H2,1H3,(H,19,22). The molecule has 0 radical (unpaired) electrons. The zero-order chi connectivity index (χ0) is 16.7. The number of rotatable bonds is 6. The van der Waals surface area contributed by atoms with Gasteiger partial charge in [0, 0.05) is 19.1 Å². The first-order chi connectivity index (χ1) is 11.1. The van der Waals surface area contributed by atoms with Crippen molar-refractivity contribution >= 4 is 23.4 Å². The highest BCUT2D eigenvalue weighted by atomic mass is 35.5. The summed E-state index contributed by atoms with van der Waals surface area (Å²) in [5, 5.41) is 2.39. The van der Waals surface area contributed by atoms with E-state index in [1.165, 1.54) is 0 Å². The minimum Gasteiger partial charge on any atom is -0.493 e. The van der Waals surface area contributed by atoms with E-state index in [0.717, 1.165) is 18.6 Å². The molecule has 1 aliphatic heterocycles. The summed E-state index contributed by atoms with van der Waals surface area (Å²) in [6.45, 7) is 3.35. The number of para-hydroxylation sites is 1. The Morgan fingerprint density at radius 1 is 1.30 bits per heavy atom. The average Bonchev–Trinajstić information content (AvgIpc) is 2.56. The monoisotopic (exact) mass is 338 g/mol. The molecule has 126 valence electrons. The number of ether oxygens (including phenoxy) is 1. The average molecular weight is 339 g/mol. The highest BCUT2D eigenvalue weighted by molar-refractivity contribution is 6.30. The van der Waals surface area contributed by atoms with E-state index in [1.54, 1.807) is 6.92 Å². The highest BCUT2D eigenvalue weighted by Crippen LogP contribution is 2.13. The maximum absolute atomic E-state index is 12.2. The maximum atomic E-state index is 12.2. The lowest BCUT2D eigenvalue weighted by Gasteiger charge is -2.32. The van der Waals surface area contributed by atoms with Crippen molar-refractivity contribution in [3.63, 3.8) is 0 Å². The fraction of sp³-hybridized carbons (Fsp3) is 0.529. The van der Waals surface area contributed by atoms with Gasteiger partial charge in [0.25, 0.3) is 0 Å². The molecular weight excluding hydrogens is 316 g/mol. The summed E-state index contributed by atoms with van der Waals surface area (Å²) in [6.07, 6.45) is 1.89. The maximum Gasteiger partial charge on any atom is 0.237 e. The van der Waals surface area contributed by atoms with Gasteiger partial charge in [-0.1, -0.05) is 18.2 Å². The topological polar surface area (TPSA) is 58.6 Å². The number of piperidine rings is 1. The van der Waals surface area contributed by atoms with Gasteiger partial charge in [-0.15, -0.1) is 11.6 Å². The Morgan fingerprint density at radius 3 is 2.57 bits per heavy atom. The molecule has 1 unspecified atom stereocenters. The van der Waals surface area contributed by atoms with Gasteiger partial charge in [-0.2, -0.15) is 0 Å². The molecule has 0 aromatic heterocycles. The summed E-state index contributed by atoms with van der Waals surface area (Å²) in [5.74, 6) is 0.723. The second kappa shape index (κ2) is 8.77. The predicted molar refractivity (Wildman–Crippen MR) is 89.6 cm³/mol. The Labute approximate surface area is 141 Å². The molecule has 1 saturated heterocycles. The lowest BCUT2D eigenvalue weighted by atomic mass is 10.0. The van der Waals surface area contributed by atoms with Gasteiger partial charge in [-0.3, -0.25) is 9.59 Å². The smallest absolute Gasteiger partial charge is 0.237 e. The van der Waals surface area contributed by atoms with Crippen molar-refractivity contribution in [1.82, 2.24) is 10.2 Å². The molecule has 1 fully saturated rings. The largest absolute Gasteiger partial charge is 0.493 e. The molecule has 1 heterocycles. The Kier molecular flexibility index (Phi) is 6.71. The Bertz CT molecular complexity index is 514. The van der Waals surface area contributed by atoms with Gasteiger partial charge in [0.2, 0.25) is 11.8 Å². The van der Waals surface area contributed by atoms with Crippen LogP contribution in [-0.4, -0.2) is 47.8 Å². The van der Waals surface area contributed by atoms with E-state index in [0.29, 0.717) is 26.1 Å². The molecule has 0 spiro atoms. The lowest BCUT2D eigenvalue weighted by molar-refractivity contribution is -0.132. The van der Waals surface area contributed by atoms with Crippen molar-refractivity contribution in [1.29, 1.82) is 0 Å². The van der Waals surface area contributed by atoms with E-state index in [-0.39, 0.29) is 17.9 Å². The number of hydrogen-bond donors (Lipinski definition) is 1. The number of alkyl halides is 1. The van der Waals surface area contributed by atoms with Crippen molar-refractivity contribution < 1.29 is 14.3 Å². The van der Waals surface area contributed by atoms with E-state index >= 15 is 0 Å². The Morgan fingerprint density at radius 2 is 1.96 bits per heavy atom. The zero-order valence-corrected chi connectivity index (χ0v) is 14.1. The second-order valence-electron chi connectivity index (χ2n) is 5.69. The summed E-state index contributed by atoms with van der Waals surface area (Å²) >= 11 is 5.74. The van der Waals surface area contributed by atoms with Crippen LogP contribution < -0.4 is 10.1 Å². The predicted octanol–water partition coefficient (Wildman–Crippen LogP) is 2.19. The van der Waals surface area contributed by atoms with Gasteiger partial charge in [-0.05, 0) is 31.9 Å². The van der Waals surface area contributed by atoms with Crippen LogP contribution in [0.25, 0.3) is 0 Å². The first-order valence-electron chi connectivity index (χ1n) is 7.96. The number of nitrogens with zero attached hydrogens (tertiary/aromatic N) is 1. The van der Waals surface area contributed by atoms with Crippen LogP contribution in [-0.2, 0) is 9.59 Å². The molecule has 23 heavy (non-hydrogen) atoms. The lowest BCUT2D eigenvalue weighted by Crippen LogP contribution is -2.48. The number of amides is 2. The molecule has 0 saturated carbocycles. The third-order valence-electron chi connectivity index (χ3n) is 3.88. The SMILES string of the molecule is CC(Cl)C(=O)NC1CCN(C(=O)CCOc2ccccc2)CC1. The van der Waals surface area contributed by atoms with Gasteiger partial charge in [0.15, 0.2) is 0 Å². The summed E-state index contributed by atoms with van der Waals surface area (Å²) in [7, 11) is 0. The Balaban J connectivity index is 1.66. The fourth-order valence-corrected chi connectivity index (χ4v) is 2.58. The number of carbonyl (C=O) groups is 2. The number of halogens is 1. The van der Waals surface area contributed by atoms with Crippen LogP contribution in [0, 0.1) is 0 Å². The molecule has 6 heteroatoms. The molecule has 2 amide bonds. The van der Waals surface area contributed by atoms with Crippen LogP contribution in [0.1, 0.15) is 26.2 Å². The van der Waals surface area contributed by atoms with E-state index in [1.807, 2.05) is 35.2 Å². The van der Waals surface area contributed by atoms with Crippen LogP contribution >= 0.6 is 11.6 Å². The van der Waals surface area contributed by atoms with E-state index in [2.05, 4.69) is 5.32 Å². The first-order valence-corrected chi connectivity index (χ1v) is 8.40. The zero-order valence-electron chi connectivity index (χ0n) is 13.3. The number of benzene rings is 1. The second-order valence-corrected chi connectivity index (χ2v) is 6.35. The number of carbonyl (C=O) groups excluding carboxylic acids is 2. The summed E-state index contributed by atoms with van der Waals surface area (Å²) in [6, 6.07) is 9.57. The molecule has 1 aromatic carbocycles. The van der Waals surface area contributed by atoms with Crippen molar-refractivity contribution in [2.24, 2.45) is 0 Å². The molecule has 0 bridgehead atoms. The van der Waals surface area contributed by atoms with E-state index in [9.17, 15) is 9.59 Å². The minimum absolute atomic E-state index is 0.0939. The van der Waals surface area contributed by atoms with Gasteiger partial charge in [-0.25, -0.2) is 0 Å².